The van der Waals surface area contributed by atoms with Gasteiger partial charge in [0.15, 0.2) is 11.5 Å². The Bertz CT molecular complexity index is 1850. The second-order valence-electron chi connectivity index (χ2n) is 8.58. The number of anilines is 1. The zero-order valence-corrected chi connectivity index (χ0v) is 20.4. The highest BCUT2D eigenvalue weighted by Crippen LogP contribution is 2.32. The van der Waals surface area contributed by atoms with E-state index in [1.54, 1.807) is 44.0 Å². The molecule has 9 nitrogen and oxygen atoms in total. The zero-order valence-electron chi connectivity index (χ0n) is 20.4. The lowest BCUT2D eigenvalue weighted by Crippen LogP contribution is -2.13. The van der Waals surface area contributed by atoms with E-state index < -0.39 is 0 Å². The molecule has 1 aromatic carbocycles. The highest BCUT2D eigenvalue weighted by atomic mass is 16.1. The van der Waals surface area contributed by atoms with Gasteiger partial charge in [-0.3, -0.25) is 19.9 Å². The molecule has 6 aromatic rings. The van der Waals surface area contributed by atoms with Gasteiger partial charge in [-0.05, 0) is 42.8 Å². The van der Waals surface area contributed by atoms with Crippen LogP contribution >= 0.6 is 0 Å². The van der Waals surface area contributed by atoms with E-state index in [1.807, 2.05) is 42.5 Å². The van der Waals surface area contributed by atoms with Gasteiger partial charge in [-0.2, -0.15) is 5.10 Å². The van der Waals surface area contributed by atoms with Crippen LogP contribution in [0.2, 0.25) is 0 Å². The van der Waals surface area contributed by atoms with Gasteiger partial charge in [0.1, 0.15) is 5.69 Å². The first-order valence-electron chi connectivity index (χ1n) is 11.9. The monoisotopic (exact) mass is 498 g/mol. The highest BCUT2D eigenvalue weighted by Gasteiger charge is 2.16. The number of imidazole rings is 1. The third-order valence-electron chi connectivity index (χ3n) is 6.27. The minimum atomic E-state index is -0.247. The van der Waals surface area contributed by atoms with Gasteiger partial charge < -0.3 is 10.3 Å². The van der Waals surface area contributed by atoms with E-state index in [1.165, 1.54) is 6.08 Å². The van der Waals surface area contributed by atoms with Crippen molar-refractivity contribution < 1.29 is 4.79 Å². The van der Waals surface area contributed by atoms with Crippen LogP contribution in [0.25, 0.3) is 55.8 Å². The number of pyridine rings is 3. The van der Waals surface area contributed by atoms with Gasteiger partial charge in [-0.1, -0.05) is 30.9 Å². The van der Waals surface area contributed by atoms with Gasteiger partial charge in [0.05, 0.1) is 28.3 Å². The van der Waals surface area contributed by atoms with E-state index in [2.05, 4.69) is 42.0 Å². The van der Waals surface area contributed by atoms with Crippen LogP contribution in [0.3, 0.4) is 0 Å². The van der Waals surface area contributed by atoms with E-state index in [9.17, 15) is 4.79 Å². The van der Waals surface area contributed by atoms with Crippen LogP contribution in [0.1, 0.15) is 6.92 Å². The molecule has 0 aliphatic carbocycles. The zero-order chi connectivity index (χ0) is 26.1. The number of para-hydroxylation sites is 1. The molecule has 0 aliphatic rings. The van der Waals surface area contributed by atoms with Crippen molar-refractivity contribution >= 4 is 33.7 Å². The van der Waals surface area contributed by atoms with Gasteiger partial charge in [0.2, 0.25) is 0 Å². The lowest BCUT2D eigenvalue weighted by atomic mass is 10.1. The number of aromatic nitrogens is 7. The second kappa shape index (κ2) is 9.55. The van der Waals surface area contributed by atoms with Crippen molar-refractivity contribution in [2.75, 3.05) is 5.32 Å². The summed E-state index contributed by atoms with van der Waals surface area (Å²) in [6, 6.07) is 13.8. The molecular formula is C29H22N8O. The van der Waals surface area contributed by atoms with Crippen molar-refractivity contribution in [2.45, 2.75) is 6.92 Å². The Morgan fingerprint density at radius 1 is 1.00 bits per heavy atom. The van der Waals surface area contributed by atoms with Crippen molar-refractivity contribution in [3.8, 4) is 33.8 Å². The summed E-state index contributed by atoms with van der Waals surface area (Å²) in [4.78, 5) is 33.7. The third-order valence-corrected chi connectivity index (χ3v) is 6.27. The standard InChI is InChI=1S/C29H22N8O/c1-3-17(4-2)29(38)33-21-12-19(14-31-16-21)20-13-23-26(36-37-27(23)32-15-20)28-34-24-7-5-6-22(25(24)35-28)18-8-10-30-11-9-18/h3-16H,1H2,2H3,(H,33,38)(H,34,35)(H,32,36,37)/b17-4+. The maximum absolute atomic E-state index is 12.4. The van der Waals surface area contributed by atoms with Gasteiger partial charge in [-0.15, -0.1) is 0 Å². The summed E-state index contributed by atoms with van der Waals surface area (Å²) in [5, 5.41) is 11.1. The number of hydrogen-bond acceptors (Lipinski definition) is 6. The van der Waals surface area contributed by atoms with Crippen LogP contribution in [0.5, 0.6) is 0 Å². The molecule has 0 unspecified atom stereocenters. The number of carbonyl (C=O) groups is 1. The predicted octanol–water partition coefficient (Wildman–Crippen LogP) is 5.70. The Labute approximate surface area is 217 Å². The average molecular weight is 499 g/mol. The molecule has 0 bridgehead atoms. The fourth-order valence-electron chi connectivity index (χ4n) is 4.36. The highest BCUT2D eigenvalue weighted by molar-refractivity contribution is 6.05. The normalized spacial score (nSPS) is 11.7. The largest absolute Gasteiger partial charge is 0.337 e. The van der Waals surface area contributed by atoms with E-state index in [0.717, 1.165) is 44.4 Å². The molecule has 1 amide bonds. The SMILES string of the molecule is C=C/C(=C\C)C(=O)Nc1cncc(-c2cnc3n[nH]c(-c4nc5c(-c6ccncc6)cccc5[nH]4)c3c2)c1. The summed E-state index contributed by atoms with van der Waals surface area (Å²) in [7, 11) is 0. The Balaban J connectivity index is 1.39. The average Bonchev–Trinajstić information content (AvgIpc) is 3.58. The number of aromatic amines is 2. The van der Waals surface area contributed by atoms with Crippen LogP contribution < -0.4 is 5.32 Å². The van der Waals surface area contributed by atoms with Gasteiger partial charge >= 0.3 is 0 Å². The van der Waals surface area contributed by atoms with Crippen LogP contribution in [0, 0.1) is 0 Å². The number of nitrogens with zero attached hydrogens (tertiary/aromatic N) is 5. The number of amides is 1. The fraction of sp³-hybridized carbons (Fsp3) is 0.0345. The number of allylic oxidation sites excluding steroid dienone is 1. The summed E-state index contributed by atoms with van der Waals surface area (Å²) in [5.74, 6) is 0.411. The first-order valence-corrected chi connectivity index (χ1v) is 11.9. The topological polar surface area (TPSA) is 125 Å². The summed E-state index contributed by atoms with van der Waals surface area (Å²) in [6.07, 6.45) is 11.8. The molecule has 0 aliphatic heterocycles. The number of H-pyrrole nitrogens is 2. The smallest absolute Gasteiger partial charge is 0.255 e. The van der Waals surface area contributed by atoms with E-state index in [-0.39, 0.29) is 5.91 Å². The molecule has 5 heterocycles. The van der Waals surface area contributed by atoms with Gasteiger partial charge in [0.25, 0.3) is 5.91 Å². The molecule has 0 radical (unpaired) electrons. The quantitative estimate of drug-likeness (QED) is 0.200. The van der Waals surface area contributed by atoms with Crippen molar-refractivity contribution in [1.82, 2.24) is 35.1 Å². The Morgan fingerprint density at radius 3 is 2.66 bits per heavy atom. The third kappa shape index (κ3) is 4.11. The van der Waals surface area contributed by atoms with Gasteiger partial charge in [0, 0.05) is 47.1 Å². The summed E-state index contributed by atoms with van der Waals surface area (Å²) in [6.45, 7) is 5.47. The predicted molar refractivity (Wildman–Crippen MR) is 148 cm³/mol. The lowest BCUT2D eigenvalue weighted by molar-refractivity contribution is -0.112. The number of benzene rings is 1. The van der Waals surface area contributed by atoms with E-state index in [4.69, 9.17) is 4.98 Å². The molecule has 9 heteroatoms. The van der Waals surface area contributed by atoms with Crippen molar-refractivity contribution in [3.05, 3.63) is 97.8 Å². The fourth-order valence-corrected chi connectivity index (χ4v) is 4.36. The number of rotatable bonds is 6. The van der Waals surface area contributed by atoms with Crippen LogP contribution in [0.4, 0.5) is 5.69 Å². The minimum absolute atomic E-state index is 0.247. The number of carbonyl (C=O) groups excluding carboxylic acids is 1. The van der Waals surface area contributed by atoms with Crippen molar-refractivity contribution in [2.24, 2.45) is 0 Å². The number of hydrogen-bond donors (Lipinski definition) is 3. The molecule has 3 N–H and O–H groups in total. The summed E-state index contributed by atoms with van der Waals surface area (Å²) >= 11 is 0. The molecule has 0 saturated carbocycles. The Hall–Kier alpha value is -5.44. The maximum Gasteiger partial charge on any atom is 0.255 e. The molecular weight excluding hydrogens is 476 g/mol. The maximum atomic E-state index is 12.4. The minimum Gasteiger partial charge on any atom is -0.337 e. The molecule has 0 spiro atoms. The van der Waals surface area contributed by atoms with E-state index >= 15 is 0 Å². The van der Waals surface area contributed by atoms with E-state index in [0.29, 0.717) is 22.7 Å². The molecule has 38 heavy (non-hydrogen) atoms. The molecule has 0 atom stereocenters. The molecule has 0 fully saturated rings. The van der Waals surface area contributed by atoms with Crippen LogP contribution in [-0.4, -0.2) is 41.0 Å². The van der Waals surface area contributed by atoms with Crippen molar-refractivity contribution in [3.63, 3.8) is 0 Å². The van der Waals surface area contributed by atoms with Crippen molar-refractivity contribution in [1.29, 1.82) is 0 Å². The Kier molecular flexibility index (Phi) is 5.78. The van der Waals surface area contributed by atoms with Crippen LogP contribution in [-0.2, 0) is 4.79 Å². The first kappa shape index (κ1) is 23.0. The second-order valence-corrected chi connectivity index (χ2v) is 8.58. The van der Waals surface area contributed by atoms with Gasteiger partial charge in [-0.25, -0.2) is 9.97 Å². The summed E-state index contributed by atoms with van der Waals surface area (Å²) < 4.78 is 0. The first-order chi connectivity index (χ1) is 18.6. The number of fused-ring (bicyclic) bond motifs is 2. The summed E-state index contributed by atoms with van der Waals surface area (Å²) in [5.41, 5.74) is 7.80. The molecule has 6 rings (SSSR count). The molecule has 184 valence electrons. The molecule has 5 aromatic heterocycles. The number of nitrogens with one attached hydrogen (secondary N) is 3. The molecule has 0 saturated heterocycles. The Morgan fingerprint density at radius 2 is 1.84 bits per heavy atom. The van der Waals surface area contributed by atoms with Crippen LogP contribution in [0.15, 0.2) is 97.8 Å². The lowest BCUT2D eigenvalue weighted by Gasteiger charge is -2.07.